The van der Waals surface area contributed by atoms with Crippen molar-refractivity contribution in [3.05, 3.63) is 0 Å². The van der Waals surface area contributed by atoms with Crippen LogP contribution in [0, 0.1) is 11.8 Å². The lowest BCUT2D eigenvalue weighted by atomic mass is 9.96. The van der Waals surface area contributed by atoms with Gasteiger partial charge in [-0.25, -0.2) is 0 Å². The lowest BCUT2D eigenvalue weighted by molar-refractivity contribution is -0.149. The van der Waals surface area contributed by atoms with Crippen LogP contribution in [0.3, 0.4) is 0 Å². The average molecular weight is 199 g/mol. The molecule has 0 aromatic heterocycles. The van der Waals surface area contributed by atoms with Gasteiger partial charge >= 0.3 is 5.97 Å². The number of nitrogens with two attached hydrogens (primary N) is 1. The minimum absolute atomic E-state index is 0.0219. The van der Waals surface area contributed by atoms with Crippen LogP contribution in [-0.2, 0) is 9.53 Å². The highest BCUT2D eigenvalue weighted by Crippen LogP contribution is 2.31. The largest absolute Gasteiger partial charge is 0.465 e. The van der Waals surface area contributed by atoms with E-state index in [0.717, 1.165) is 32.1 Å². The predicted octanol–water partition coefficient (Wildman–Crippen LogP) is 1.70. The number of unbranched alkanes of at least 4 members (excludes halogenated alkanes) is 1. The molecule has 0 aliphatic heterocycles. The average Bonchev–Trinajstić information content (AvgIpc) is 2.65. The zero-order chi connectivity index (χ0) is 10.4. The Morgan fingerprint density at radius 3 is 2.93 bits per heavy atom. The maximum atomic E-state index is 11.6. The molecule has 1 saturated carbocycles. The van der Waals surface area contributed by atoms with E-state index in [9.17, 15) is 4.79 Å². The number of hydrogen-bond donors (Lipinski definition) is 1. The van der Waals surface area contributed by atoms with E-state index in [1.165, 1.54) is 0 Å². The van der Waals surface area contributed by atoms with Gasteiger partial charge in [0.25, 0.3) is 0 Å². The van der Waals surface area contributed by atoms with Gasteiger partial charge in [-0.15, -0.1) is 0 Å². The Kier molecular flexibility index (Phi) is 4.94. The first-order valence-electron chi connectivity index (χ1n) is 5.66. The zero-order valence-corrected chi connectivity index (χ0v) is 9.00. The summed E-state index contributed by atoms with van der Waals surface area (Å²) in [4.78, 5) is 11.6. The molecule has 0 aromatic rings. The third-order valence-electron chi connectivity index (χ3n) is 3.01. The quantitative estimate of drug-likeness (QED) is 0.541. The second kappa shape index (κ2) is 6.02. The molecule has 0 amide bonds. The first-order valence-corrected chi connectivity index (χ1v) is 5.66. The summed E-state index contributed by atoms with van der Waals surface area (Å²) in [5.74, 6) is 0.424. The molecular weight excluding hydrogens is 178 g/mol. The maximum absolute atomic E-state index is 11.6. The van der Waals surface area contributed by atoms with Crippen LogP contribution in [0.25, 0.3) is 0 Å². The van der Waals surface area contributed by atoms with Crippen LogP contribution < -0.4 is 5.73 Å². The van der Waals surface area contributed by atoms with Crippen LogP contribution >= 0.6 is 0 Å². The second-order valence-electron chi connectivity index (χ2n) is 4.05. The fraction of sp³-hybridized carbons (Fsp3) is 0.909. The van der Waals surface area contributed by atoms with Gasteiger partial charge in [0.05, 0.1) is 12.5 Å². The van der Waals surface area contributed by atoms with Crippen LogP contribution in [0.2, 0.25) is 0 Å². The van der Waals surface area contributed by atoms with E-state index in [4.69, 9.17) is 10.5 Å². The Balaban J connectivity index is 2.28. The molecule has 0 heterocycles. The standard InChI is InChI=1S/C11H21NO2/c1-2-3-7-14-11(13)10-6-4-5-9(10)8-12/h9-10H,2-8,12H2,1H3. The Hall–Kier alpha value is -0.570. The number of hydrogen-bond acceptors (Lipinski definition) is 3. The third kappa shape index (κ3) is 2.98. The van der Waals surface area contributed by atoms with E-state index >= 15 is 0 Å². The van der Waals surface area contributed by atoms with Gasteiger partial charge in [-0.2, -0.15) is 0 Å². The summed E-state index contributed by atoms with van der Waals surface area (Å²) in [5, 5.41) is 0. The van der Waals surface area contributed by atoms with Gasteiger partial charge in [0.2, 0.25) is 0 Å². The van der Waals surface area contributed by atoms with E-state index in [1.807, 2.05) is 0 Å². The van der Waals surface area contributed by atoms with Gasteiger partial charge in [-0.1, -0.05) is 19.8 Å². The predicted molar refractivity (Wildman–Crippen MR) is 55.8 cm³/mol. The van der Waals surface area contributed by atoms with Crippen molar-refractivity contribution in [2.45, 2.75) is 39.0 Å². The Labute approximate surface area is 86.0 Å². The molecule has 0 bridgehead atoms. The van der Waals surface area contributed by atoms with Crippen molar-refractivity contribution in [1.29, 1.82) is 0 Å². The highest BCUT2D eigenvalue weighted by atomic mass is 16.5. The monoisotopic (exact) mass is 199 g/mol. The van der Waals surface area contributed by atoms with E-state index < -0.39 is 0 Å². The van der Waals surface area contributed by atoms with E-state index in [1.54, 1.807) is 0 Å². The van der Waals surface area contributed by atoms with Crippen molar-refractivity contribution in [1.82, 2.24) is 0 Å². The van der Waals surface area contributed by atoms with E-state index in [-0.39, 0.29) is 11.9 Å². The fourth-order valence-corrected chi connectivity index (χ4v) is 2.05. The van der Waals surface area contributed by atoms with E-state index in [0.29, 0.717) is 19.1 Å². The van der Waals surface area contributed by atoms with Crippen LogP contribution in [0.5, 0.6) is 0 Å². The molecular formula is C11H21NO2. The molecule has 2 unspecified atom stereocenters. The molecule has 0 saturated heterocycles. The summed E-state index contributed by atoms with van der Waals surface area (Å²) in [6.45, 7) is 3.28. The number of rotatable bonds is 5. The first kappa shape index (κ1) is 11.5. The van der Waals surface area contributed by atoms with Crippen LogP contribution in [0.15, 0.2) is 0 Å². The van der Waals surface area contributed by atoms with Gasteiger partial charge in [-0.05, 0) is 31.7 Å². The van der Waals surface area contributed by atoms with Gasteiger partial charge < -0.3 is 10.5 Å². The number of ether oxygens (including phenoxy) is 1. The zero-order valence-electron chi connectivity index (χ0n) is 9.00. The van der Waals surface area contributed by atoms with Crippen molar-refractivity contribution in [2.75, 3.05) is 13.2 Å². The molecule has 1 rings (SSSR count). The van der Waals surface area contributed by atoms with E-state index in [2.05, 4.69) is 6.92 Å². The van der Waals surface area contributed by atoms with Crippen molar-refractivity contribution < 1.29 is 9.53 Å². The smallest absolute Gasteiger partial charge is 0.309 e. The summed E-state index contributed by atoms with van der Waals surface area (Å²) in [5.41, 5.74) is 5.61. The highest BCUT2D eigenvalue weighted by Gasteiger charge is 2.32. The van der Waals surface area contributed by atoms with Crippen molar-refractivity contribution in [3.63, 3.8) is 0 Å². The van der Waals surface area contributed by atoms with Crippen molar-refractivity contribution in [3.8, 4) is 0 Å². The molecule has 1 fully saturated rings. The number of carbonyl (C=O) groups excluding carboxylic acids is 1. The van der Waals surface area contributed by atoms with Crippen LogP contribution in [0.4, 0.5) is 0 Å². The summed E-state index contributed by atoms with van der Waals surface area (Å²) >= 11 is 0. The third-order valence-corrected chi connectivity index (χ3v) is 3.01. The molecule has 1 aliphatic carbocycles. The summed E-state index contributed by atoms with van der Waals surface area (Å²) < 4.78 is 5.20. The molecule has 82 valence electrons. The number of carbonyl (C=O) groups is 1. The molecule has 2 atom stereocenters. The minimum Gasteiger partial charge on any atom is -0.465 e. The molecule has 2 N–H and O–H groups in total. The lowest BCUT2D eigenvalue weighted by Crippen LogP contribution is -2.26. The molecule has 0 spiro atoms. The van der Waals surface area contributed by atoms with Crippen molar-refractivity contribution in [2.24, 2.45) is 17.6 Å². The Bertz CT molecular complexity index is 182. The maximum Gasteiger partial charge on any atom is 0.309 e. The van der Waals surface area contributed by atoms with Crippen LogP contribution in [-0.4, -0.2) is 19.1 Å². The SMILES string of the molecule is CCCCOC(=O)C1CCCC1CN. The van der Waals surface area contributed by atoms with Crippen LogP contribution in [0.1, 0.15) is 39.0 Å². The van der Waals surface area contributed by atoms with Gasteiger partial charge in [0, 0.05) is 0 Å². The molecule has 14 heavy (non-hydrogen) atoms. The summed E-state index contributed by atoms with van der Waals surface area (Å²) in [7, 11) is 0. The summed E-state index contributed by atoms with van der Waals surface area (Å²) in [6.07, 6.45) is 5.20. The summed E-state index contributed by atoms with van der Waals surface area (Å²) in [6, 6.07) is 0. The second-order valence-corrected chi connectivity index (χ2v) is 4.05. The van der Waals surface area contributed by atoms with Gasteiger partial charge in [0.15, 0.2) is 0 Å². The van der Waals surface area contributed by atoms with Crippen molar-refractivity contribution >= 4 is 5.97 Å². The fourth-order valence-electron chi connectivity index (χ4n) is 2.05. The normalized spacial score (nSPS) is 26.4. The number of esters is 1. The Morgan fingerprint density at radius 1 is 1.50 bits per heavy atom. The Morgan fingerprint density at radius 2 is 2.29 bits per heavy atom. The minimum atomic E-state index is -0.0219. The first-order chi connectivity index (χ1) is 6.79. The molecule has 1 aliphatic rings. The molecule has 3 heteroatoms. The topological polar surface area (TPSA) is 52.3 Å². The molecule has 0 aromatic carbocycles. The van der Waals surface area contributed by atoms with Gasteiger partial charge in [0.1, 0.15) is 0 Å². The lowest BCUT2D eigenvalue weighted by Gasteiger charge is -2.16. The van der Waals surface area contributed by atoms with Gasteiger partial charge in [-0.3, -0.25) is 4.79 Å². The highest BCUT2D eigenvalue weighted by molar-refractivity contribution is 5.73. The molecule has 0 radical (unpaired) electrons. The molecule has 3 nitrogen and oxygen atoms in total.